The van der Waals surface area contributed by atoms with Gasteiger partial charge in [0.15, 0.2) is 11.6 Å². The Labute approximate surface area is 276 Å². The molecule has 2 aliphatic rings. The summed E-state index contributed by atoms with van der Waals surface area (Å²) >= 11 is 1.28. The molecule has 0 spiro atoms. The first-order valence-corrected chi connectivity index (χ1v) is 17.0. The van der Waals surface area contributed by atoms with Crippen molar-refractivity contribution in [2.24, 2.45) is 5.73 Å². The molecule has 8 nitrogen and oxygen atoms in total. The summed E-state index contributed by atoms with van der Waals surface area (Å²) in [4.78, 5) is 14.5. The number of benzene rings is 3. The molecule has 0 radical (unpaired) electrons. The number of aryl methyl sites for hydroxylation is 1. The van der Waals surface area contributed by atoms with Crippen LogP contribution < -0.4 is 10.5 Å². The maximum atomic E-state index is 14.0. The quantitative estimate of drug-likeness (QED) is 0.236. The average molecular weight is 675 g/mol. The molecule has 2 aliphatic heterocycles. The van der Waals surface area contributed by atoms with Crippen LogP contribution in [0, 0.1) is 24.4 Å². The minimum atomic E-state index is -1.31. The Morgan fingerprint density at radius 1 is 0.957 bits per heavy atom. The van der Waals surface area contributed by atoms with E-state index in [9.17, 15) is 33.3 Å². The number of likely N-dealkylation sites (tertiary alicyclic amines) is 1. The number of nitrogens with two attached hydrogens (primary N) is 1. The van der Waals surface area contributed by atoms with Crippen LogP contribution in [0.5, 0.6) is 5.75 Å². The Morgan fingerprint density at radius 2 is 1.64 bits per heavy atom. The van der Waals surface area contributed by atoms with Crippen LogP contribution in [0.2, 0.25) is 0 Å². The zero-order valence-corrected chi connectivity index (χ0v) is 27.1. The zero-order chi connectivity index (χ0) is 33.8. The van der Waals surface area contributed by atoms with Gasteiger partial charge in [-0.1, -0.05) is 30.3 Å². The number of nitrogens with zero attached hydrogens (tertiary/aromatic N) is 1. The summed E-state index contributed by atoms with van der Waals surface area (Å²) in [5.74, 6) is -2.77. The first-order valence-electron chi connectivity index (χ1n) is 15.7. The van der Waals surface area contributed by atoms with E-state index in [2.05, 4.69) is 0 Å². The van der Waals surface area contributed by atoms with Gasteiger partial charge in [0.05, 0.1) is 0 Å². The van der Waals surface area contributed by atoms with Gasteiger partial charge in [0.1, 0.15) is 47.5 Å². The van der Waals surface area contributed by atoms with Crippen LogP contribution in [0.4, 0.5) is 13.2 Å². The minimum absolute atomic E-state index is 0.0362. The highest BCUT2D eigenvalue weighted by atomic mass is 32.2. The van der Waals surface area contributed by atoms with Gasteiger partial charge in [-0.05, 0) is 72.0 Å². The molecule has 2 fully saturated rings. The first kappa shape index (κ1) is 35.2. The molecule has 254 valence electrons. The van der Waals surface area contributed by atoms with Crippen LogP contribution in [0.3, 0.4) is 0 Å². The smallest absolute Gasteiger partial charge is 0.224 e. The van der Waals surface area contributed by atoms with Crippen molar-refractivity contribution in [3.63, 3.8) is 0 Å². The van der Waals surface area contributed by atoms with Gasteiger partial charge in [-0.15, -0.1) is 11.8 Å². The zero-order valence-electron chi connectivity index (χ0n) is 26.3. The second-order valence-corrected chi connectivity index (χ2v) is 13.3. The number of halogens is 3. The van der Waals surface area contributed by atoms with E-state index < -0.39 is 53.3 Å². The molecule has 47 heavy (non-hydrogen) atoms. The number of rotatable bonds is 10. The van der Waals surface area contributed by atoms with E-state index in [1.807, 2.05) is 49.4 Å². The van der Waals surface area contributed by atoms with Crippen molar-refractivity contribution in [3.05, 3.63) is 99.9 Å². The lowest BCUT2D eigenvalue weighted by Crippen LogP contribution is -2.52. The van der Waals surface area contributed by atoms with E-state index in [4.69, 9.17) is 15.2 Å². The second-order valence-electron chi connectivity index (χ2n) is 12.4. The van der Waals surface area contributed by atoms with E-state index >= 15 is 0 Å². The number of ether oxygens (including phenoxy) is 2. The normalized spacial score (nSPS) is 24.3. The molecule has 0 aliphatic carbocycles. The monoisotopic (exact) mass is 674 g/mol. The highest BCUT2D eigenvalue weighted by Crippen LogP contribution is 2.36. The topological polar surface area (TPSA) is 125 Å². The Balaban J connectivity index is 1.11. The fraction of sp³-hybridized carbons (Fsp3) is 0.457. The van der Waals surface area contributed by atoms with Crippen LogP contribution in [0.25, 0.3) is 0 Å². The van der Waals surface area contributed by atoms with Gasteiger partial charge in [0.25, 0.3) is 0 Å². The van der Waals surface area contributed by atoms with E-state index in [1.165, 1.54) is 11.8 Å². The molecular weight excluding hydrogens is 633 g/mol. The van der Waals surface area contributed by atoms with E-state index in [0.29, 0.717) is 44.2 Å². The molecule has 3 aromatic carbocycles. The third-order valence-corrected chi connectivity index (χ3v) is 9.78. The number of hydrogen-bond acceptors (Lipinski definition) is 8. The predicted molar refractivity (Wildman–Crippen MR) is 172 cm³/mol. The number of thioether (sulfide) groups is 1. The summed E-state index contributed by atoms with van der Waals surface area (Å²) < 4.78 is 52.8. The Kier molecular flexibility index (Phi) is 11.5. The number of aliphatic hydroxyl groups is 3. The third-order valence-electron chi connectivity index (χ3n) is 8.93. The van der Waals surface area contributed by atoms with Gasteiger partial charge >= 0.3 is 0 Å². The van der Waals surface area contributed by atoms with Gasteiger partial charge in [0.2, 0.25) is 5.91 Å². The number of carbonyl (C=O) groups is 1. The molecular formula is C35H41F3N2O6S. The van der Waals surface area contributed by atoms with Crippen LogP contribution in [0.15, 0.2) is 54.6 Å². The molecule has 2 saturated heterocycles. The van der Waals surface area contributed by atoms with Crippen LogP contribution in [-0.2, 0) is 22.4 Å². The van der Waals surface area contributed by atoms with Gasteiger partial charge < -0.3 is 35.4 Å². The van der Waals surface area contributed by atoms with Crippen molar-refractivity contribution in [2.45, 2.75) is 81.0 Å². The summed E-state index contributed by atoms with van der Waals surface area (Å²) in [5.41, 5.74) is 9.23. The summed E-state index contributed by atoms with van der Waals surface area (Å²) in [7, 11) is 0. The van der Waals surface area contributed by atoms with Crippen molar-refractivity contribution in [2.75, 3.05) is 19.3 Å². The van der Waals surface area contributed by atoms with Crippen LogP contribution >= 0.6 is 11.8 Å². The summed E-state index contributed by atoms with van der Waals surface area (Å²) in [5, 5.41) is 31.2. The lowest BCUT2D eigenvalue weighted by molar-refractivity contribution is -0.200. The van der Waals surface area contributed by atoms with E-state index in [-0.39, 0.29) is 30.4 Å². The summed E-state index contributed by atoms with van der Waals surface area (Å²) in [6, 6.07) is 14.1. The fourth-order valence-electron chi connectivity index (χ4n) is 6.13. The van der Waals surface area contributed by atoms with Gasteiger partial charge in [0, 0.05) is 44.5 Å². The highest BCUT2D eigenvalue weighted by Gasteiger charge is 2.44. The van der Waals surface area contributed by atoms with Gasteiger partial charge in [-0.25, -0.2) is 13.2 Å². The molecule has 0 saturated carbocycles. The van der Waals surface area contributed by atoms with Crippen LogP contribution in [-0.4, -0.2) is 81.4 Å². The lowest BCUT2D eigenvalue weighted by Gasteiger charge is -2.40. The molecule has 0 unspecified atom stereocenters. The minimum Gasteiger partial charge on any atom is -0.490 e. The molecule has 1 amide bonds. The molecule has 0 aromatic heterocycles. The highest BCUT2D eigenvalue weighted by molar-refractivity contribution is 7.99. The van der Waals surface area contributed by atoms with Gasteiger partial charge in [-0.3, -0.25) is 4.79 Å². The molecule has 2 heterocycles. The summed E-state index contributed by atoms with van der Waals surface area (Å²) in [6.45, 7) is 2.97. The standard InChI is InChI=1S/C35H41F3N2O6S/c1-19-3-6-21(34-32(43)31(42)33(44)35(46-34)47-2)14-22(19)13-20-4-7-25(8-5-20)45-26-9-11-40(12-10-26)30(41)17-24(39)15-23-16-28(37)29(38)18-27(23)36/h3-8,14,16,18,24,26,31-35,42-44H,9-13,15,17,39H2,1-2H3/t24-,31+,32+,33-,34-,35+/m0/s1. The molecule has 5 rings (SSSR count). The van der Waals surface area contributed by atoms with Crippen molar-refractivity contribution >= 4 is 17.7 Å². The SMILES string of the molecule is CS[C@H]1O[C@@H](c2ccc(C)c(Cc3ccc(OC4CCN(C(=O)C[C@@H](N)Cc5cc(F)c(F)cc5F)CC4)cc3)c2)[C@H](O)[C@@H](O)[C@@H]1O. The molecule has 5 N–H and O–H groups in total. The maximum absolute atomic E-state index is 14.0. The Bertz CT molecular complexity index is 1540. The van der Waals surface area contributed by atoms with Crippen molar-refractivity contribution in [1.29, 1.82) is 0 Å². The second kappa shape index (κ2) is 15.4. The van der Waals surface area contributed by atoms with Crippen LogP contribution in [0.1, 0.15) is 53.2 Å². The molecule has 3 aromatic rings. The number of piperidine rings is 1. The van der Waals surface area contributed by atoms with Gasteiger partial charge in [-0.2, -0.15) is 0 Å². The van der Waals surface area contributed by atoms with E-state index in [1.54, 1.807) is 11.2 Å². The Morgan fingerprint density at radius 3 is 2.32 bits per heavy atom. The lowest BCUT2D eigenvalue weighted by atomic mass is 9.91. The number of amides is 1. The van der Waals surface area contributed by atoms with Crippen molar-refractivity contribution in [3.8, 4) is 5.75 Å². The number of hydrogen-bond donors (Lipinski definition) is 4. The molecule has 0 bridgehead atoms. The van der Waals surface area contributed by atoms with Crippen molar-refractivity contribution < 1.29 is 42.8 Å². The Hall–Kier alpha value is -3.13. The predicted octanol–water partition coefficient (Wildman–Crippen LogP) is 4.18. The largest absolute Gasteiger partial charge is 0.490 e. The fourth-order valence-corrected chi connectivity index (χ4v) is 6.80. The number of carbonyl (C=O) groups excluding carboxylic acids is 1. The maximum Gasteiger partial charge on any atom is 0.224 e. The molecule has 12 heteroatoms. The molecule has 6 atom stereocenters. The summed E-state index contributed by atoms with van der Waals surface area (Å²) in [6.07, 6.45) is -1.04. The first-order chi connectivity index (χ1) is 22.4. The number of aliphatic hydroxyl groups excluding tert-OH is 3. The van der Waals surface area contributed by atoms with Crippen molar-refractivity contribution in [1.82, 2.24) is 4.90 Å². The van der Waals surface area contributed by atoms with E-state index in [0.717, 1.165) is 28.3 Å². The third kappa shape index (κ3) is 8.48. The average Bonchev–Trinajstić information content (AvgIpc) is 3.05.